The van der Waals surface area contributed by atoms with E-state index in [-0.39, 0.29) is 11.6 Å². The fraction of sp³-hybridized carbons (Fsp3) is 0.167. The first-order chi connectivity index (χ1) is 9.12. The minimum Gasteiger partial charge on any atom is -0.326 e. The first-order valence-electron chi connectivity index (χ1n) is 5.65. The molecule has 2 rings (SSSR count). The summed E-state index contributed by atoms with van der Waals surface area (Å²) in [6.07, 6.45) is 4.69. The van der Waals surface area contributed by atoms with Crippen molar-refractivity contribution < 1.29 is 8.42 Å². The van der Waals surface area contributed by atoms with Crippen LogP contribution in [0.25, 0.3) is 0 Å². The highest BCUT2D eigenvalue weighted by Crippen LogP contribution is 2.07. The molecule has 0 aromatic carbocycles. The predicted molar refractivity (Wildman–Crippen MR) is 70.4 cm³/mol. The van der Waals surface area contributed by atoms with Gasteiger partial charge in [-0.1, -0.05) is 12.1 Å². The number of sulfonamides is 1. The SMILES string of the molecule is NCc1ccc(S(=O)(=O)NCc2cccnc2)nc1. The van der Waals surface area contributed by atoms with Gasteiger partial charge in [-0.2, -0.15) is 0 Å². The number of nitrogens with zero attached hydrogens (tertiary/aromatic N) is 2. The topological polar surface area (TPSA) is 98.0 Å². The Morgan fingerprint density at radius 2 is 2.00 bits per heavy atom. The largest absolute Gasteiger partial charge is 0.326 e. The van der Waals surface area contributed by atoms with Crippen LogP contribution in [0.1, 0.15) is 11.1 Å². The molecule has 7 heteroatoms. The summed E-state index contributed by atoms with van der Waals surface area (Å²) in [5, 5.41) is -0.0198. The van der Waals surface area contributed by atoms with Crippen molar-refractivity contribution in [1.82, 2.24) is 14.7 Å². The van der Waals surface area contributed by atoms with Gasteiger partial charge in [0.25, 0.3) is 10.0 Å². The molecular weight excluding hydrogens is 264 g/mol. The Hall–Kier alpha value is -1.83. The van der Waals surface area contributed by atoms with Crippen LogP contribution < -0.4 is 10.5 Å². The predicted octanol–water partition coefficient (Wildman–Crippen LogP) is 0.414. The first kappa shape index (κ1) is 13.6. The molecule has 0 fully saturated rings. The number of rotatable bonds is 5. The van der Waals surface area contributed by atoms with Gasteiger partial charge >= 0.3 is 0 Å². The Morgan fingerprint density at radius 1 is 1.16 bits per heavy atom. The van der Waals surface area contributed by atoms with E-state index in [1.807, 2.05) is 0 Å². The zero-order chi connectivity index (χ0) is 13.7. The minimum absolute atomic E-state index is 0.0198. The van der Waals surface area contributed by atoms with E-state index in [1.165, 1.54) is 12.3 Å². The normalized spacial score (nSPS) is 11.4. The van der Waals surface area contributed by atoms with E-state index in [0.717, 1.165) is 11.1 Å². The summed E-state index contributed by atoms with van der Waals surface area (Å²) in [6.45, 7) is 0.507. The summed E-state index contributed by atoms with van der Waals surface area (Å²) in [5.41, 5.74) is 7.00. The molecule has 2 aromatic rings. The van der Waals surface area contributed by atoms with E-state index < -0.39 is 10.0 Å². The van der Waals surface area contributed by atoms with E-state index in [4.69, 9.17) is 5.73 Å². The van der Waals surface area contributed by atoms with E-state index in [0.29, 0.717) is 6.54 Å². The van der Waals surface area contributed by atoms with E-state index >= 15 is 0 Å². The number of aromatic nitrogens is 2. The third-order valence-corrected chi connectivity index (χ3v) is 3.81. The average Bonchev–Trinajstić information content (AvgIpc) is 2.46. The van der Waals surface area contributed by atoms with Crippen molar-refractivity contribution in [2.24, 2.45) is 5.73 Å². The smallest absolute Gasteiger partial charge is 0.258 e. The molecule has 0 saturated heterocycles. The molecule has 0 spiro atoms. The maximum absolute atomic E-state index is 12.0. The summed E-state index contributed by atoms with van der Waals surface area (Å²) in [6, 6.07) is 6.62. The van der Waals surface area contributed by atoms with Crippen LogP contribution in [-0.2, 0) is 23.1 Å². The van der Waals surface area contributed by atoms with Gasteiger partial charge < -0.3 is 5.73 Å². The lowest BCUT2D eigenvalue weighted by Gasteiger charge is -2.06. The Bertz CT molecular complexity index is 627. The van der Waals surface area contributed by atoms with Gasteiger partial charge in [0.1, 0.15) is 0 Å². The van der Waals surface area contributed by atoms with Crippen molar-refractivity contribution in [3.8, 4) is 0 Å². The van der Waals surface area contributed by atoms with Crippen molar-refractivity contribution in [3.63, 3.8) is 0 Å². The molecule has 0 unspecified atom stereocenters. The van der Waals surface area contributed by atoms with Crippen LogP contribution in [0, 0.1) is 0 Å². The van der Waals surface area contributed by atoms with Crippen LogP contribution in [0.5, 0.6) is 0 Å². The Morgan fingerprint density at radius 3 is 2.58 bits per heavy atom. The Balaban J connectivity index is 2.09. The molecular formula is C12H14N4O2S. The molecule has 0 amide bonds. The van der Waals surface area contributed by atoms with Crippen LogP contribution in [-0.4, -0.2) is 18.4 Å². The fourth-order valence-corrected chi connectivity index (χ4v) is 2.39. The second kappa shape index (κ2) is 5.87. The van der Waals surface area contributed by atoms with Crippen molar-refractivity contribution >= 4 is 10.0 Å². The lowest BCUT2D eigenvalue weighted by atomic mass is 10.3. The average molecular weight is 278 g/mol. The van der Waals surface area contributed by atoms with Gasteiger partial charge in [-0.3, -0.25) is 4.98 Å². The Labute approximate surface area is 111 Å². The second-order valence-corrected chi connectivity index (χ2v) is 5.61. The monoisotopic (exact) mass is 278 g/mol. The van der Waals surface area contributed by atoms with Gasteiger partial charge in [-0.05, 0) is 23.3 Å². The molecule has 0 aliphatic heterocycles. The first-order valence-corrected chi connectivity index (χ1v) is 7.14. The van der Waals surface area contributed by atoms with Crippen molar-refractivity contribution in [2.45, 2.75) is 18.1 Å². The van der Waals surface area contributed by atoms with E-state index in [9.17, 15) is 8.42 Å². The van der Waals surface area contributed by atoms with Crippen LogP contribution >= 0.6 is 0 Å². The quantitative estimate of drug-likeness (QED) is 0.825. The highest BCUT2D eigenvalue weighted by atomic mass is 32.2. The van der Waals surface area contributed by atoms with Crippen LogP contribution in [0.3, 0.4) is 0 Å². The summed E-state index contributed by atoms with van der Waals surface area (Å²) >= 11 is 0. The highest BCUT2D eigenvalue weighted by Gasteiger charge is 2.14. The molecule has 0 aliphatic carbocycles. The maximum atomic E-state index is 12.0. The number of nitrogens with two attached hydrogens (primary N) is 1. The zero-order valence-electron chi connectivity index (χ0n) is 10.2. The zero-order valence-corrected chi connectivity index (χ0v) is 11.0. The number of hydrogen-bond acceptors (Lipinski definition) is 5. The fourth-order valence-electron chi connectivity index (χ4n) is 1.45. The van der Waals surface area contributed by atoms with E-state index in [2.05, 4.69) is 14.7 Å². The van der Waals surface area contributed by atoms with Crippen LogP contribution in [0.4, 0.5) is 0 Å². The van der Waals surface area contributed by atoms with Gasteiger partial charge in [0, 0.05) is 31.7 Å². The highest BCUT2D eigenvalue weighted by molar-refractivity contribution is 7.89. The third-order valence-electron chi connectivity index (χ3n) is 2.50. The molecule has 2 heterocycles. The molecule has 6 nitrogen and oxygen atoms in total. The molecule has 0 atom stereocenters. The number of pyridine rings is 2. The van der Waals surface area contributed by atoms with Gasteiger partial charge in [-0.25, -0.2) is 18.1 Å². The lowest BCUT2D eigenvalue weighted by Crippen LogP contribution is -2.24. The lowest BCUT2D eigenvalue weighted by molar-refractivity contribution is 0.577. The van der Waals surface area contributed by atoms with Crippen LogP contribution in [0.15, 0.2) is 47.9 Å². The second-order valence-electron chi connectivity index (χ2n) is 3.89. The van der Waals surface area contributed by atoms with Gasteiger partial charge in [0.2, 0.25) is 0 Å². The van der Waals surface area contributed by atoms with Crippen LogP contribution in [0.2, 0.25) is 0 Å². The maximum Gasteiger partial charge on any atom is 0.258 e. The molecule has 0 aliphatic rings. The third kappa shape index (κ3) is 3.57. The Kier molecular flexibility index (Phi) is 4.20. The number of nitrogens with one attached hydrogen (secondary N) is 1. The molecule has 0 bridgehead atoms. The molecule has 100 valence electrons. The standard InChI is InChI=1S/C12H14N4O2S/c13-6-10-3-4-12(15-8-10)19(17,18)16-9-11-2-1-5-14-7-11/h1-5,7-8,16H,6,9,13H2. The van der Waals surface area contributed by atoms with Crippen molar-refractivity contribution in [3.05, 3.63) is 54.0 Å². The molecule has 0 radical (unpaired) electrons. The van der Waals surface area contributed by atoms with Crippen molar-refractivity contribution in [2.75, 3.05) is 0 Å². The number of hydrogen-bond donors (Lipinski definition) is 2. The molecule has 3 N–H and O–H groups in total. The van der Waals surface area contributed by atoms with E-state index in [1.54, 1.807) is 30.6 Å². The van der Waals surface area contributed by atoms with Crippen molar-refractivity contribution in [1.29, 1.82) is 0 Å². The summed E-state index contributed by atoms with van der Waals surface area (Å²) in [4.78, 5) is 7.80. The molecule has 2 aromatic heterocycles. The van der Waals surface area contributed by atoms with Gasteiger partial charge in [0.15, 0.2) is 5.03 Å². The molecule has 0 saturated carbocycles. The summed E-state index contributed by atoms with van der Waals surface area (Å²) in [5.74, 6) is 0. The minimum atomic E-state index is -3.61. The summed E-state index contributed by atoms with van der Waals surface area (Å²) < 4.78 is 26.4. The van der Waals surface area contributed by atoms with Gasteiger partial charge in [-0.15, -0.1) is 0 Å². The molecule has 19 heavy (non-hydrogen) atoms. The van der Waals surface area contributed by atoms with Gasteiger partial charge in [0.05, 0.1) is 0 Å². The summed E-state index contributed by atoms with van der Waals surface area (Å²) in [7, 11) is -3.61.